The number of benzene rings is 1. The topological polar surface area (TPSA) is 52.4 Å². The molecule has 0 N–H and O–H groups in total. The molecule has 0 radical (unpaired) electrons. The number of rotatable bonds is 4. The van der Waals surface area contributed by atoms with E-state index in [2.05, 4.69) is 0 Å². The van der Waals surface area contributed by atoms with E-state index >= 15 is 0 Å². The molecule has 1 rings (SSSR count). The molecule has 0 aliphatic carbocycles. The zero-order valence-electron chi connectivity index (χ0n) is 7.07. The Morgan fingerprint density at radius 1 is 1.57 bits per heavy atom. The second-order valence-corrected chi connectivity index (χ2v) is 3.57. The smallest absolute Gasteiger partial charge is 0.270 e. The normalized spacial score (nSPS) is 9.86. The van der Waals surface area contributed by atoms with Gasteiger partial charge in [0.05, 0.1) is 8.49 Å². The third-order valence-corrected chi connectivity index (χ3v) is 2.30. The van der Waals surface area contributed by atoms with Gasteiger partial charge in [-0.3, -0.25) is 10.1 Å². The molecule has 0 atom stereocenters. The second-order valence-electron chi connectivity index (χ2n) is 2.41. The van der Waals surface area contributed by atoms with Gasteiger partial charge in [0.1, 0.15) is 19.0 Å². The summed E-state index contributed by atoms with van der Waals surface area (Å²) in [5.74, 6) is 0.467. The van der Waals surface area contributed by atoms with E-state index < -0.39 is 11.6 Å². The summed E-state index contributed by atoms with van der Waals surface area (Å²) in [6.45, 7) is -0.610. The maximum atomic E-state index is 11.8. The van der Waals surface area contributed by atoms with Crippen LogP contribution in [0.3, 0.4) is 0 Å². The second kappa shape index (κ2) is 5.08. The first-order valence-corrected chi connectivity index (χ1v) is 4.85. The van der Waals surface area contributed by atoms with Crippen molar-refractivity contribution in [3.8, 4) is 5.75 Å². The largest absolute Gasteiger partial charge is 0.490 e. The van der Waals surface area contributed by atoms with E-state index in [0.29, 0.717) is 9.32 Å². The van der Waals surface area contributed by atoms with Gasteiger partial charge < -0.3 is 4.74 Å². The van der Waals surface area contributed by atoms with Crippen molar-refractivity contribution in [3.05, 3.63) is 31.9 Å². The summed E-state index contributed by atoms with van der Waals surface area (Å²) < 4.78 is 17.4. The van der Waals surface area contributed by atoms with Gasteiger partial charge in [0.15, 0.2) is 0 Å². The maximum absolute atomic E-state index is 11.8. The van der Waals surface area contributed by atoms with Crippen molar-refractivity contribution in [2.75, 3.05) is 13.3 Å². The Bertz CT molecular complexity index is 345. The van der Waals surface area contributed by atoms with Crippen molar-refractivity contribution in [2.24, 2.45) is 0 Å². The lowest BCUT2D eigenvalue weighted by Crippen LogP contribution is -2.00. The van der Waals surface area contributed by atoms with E-state index in [1.54, 1.807) is 0 Å². The summed E-state index contributed by atoms with van der Waals surface area (Å²) in [5, 5.41) is 10.4. The van der Waals surface area contributed by atoms with Crippen LogP contribution in [-0.2, 0) is 0 Å². The van der Waals surface area contributed by atoms with Gasteiger partial charge in [-0.2, -0.15) is 0 Å². The van der Waals surface area contributed by atoms with Crippen LogP contribution < -0.4 is 4.74 Å². The molecule has 0 unspecified atom stereocenters. The van der Waals surface area contributed by atoms with Gasteiger partial charge >= 0.3 is 0 Å². The quantitative estimate of drug-likeness (QED) is 0.488. The Labute approximate surface area is 93.4 Å². The van der Waals surface area contributed by atoms with E-state index in [1.807, 2.05) is 22.6 Å². The summed E-state index contributed by atoms with van der Waals surface area (Å²) in [4.78, 5) is 9.89. The first kappa shape index (κ1) is 11.2. The molecule has 0 bridgehead atoms. The zero-order valence-corrected chi connectivity index (χ0v) is 9.23. The molecule has 4 nitrogen and oxygen atoms in total. The Balaban J connectivity index is 2.84. The lowest BCUT2D eigenvalue weighted by atomic mass is 10.3. The summed E-state index contributed by atoms with van der Waals surface area (Å²) >= 11 is 1.91. The molecule has 0 aliphatic rings. The van der Waals surface area contributed by atoms with E-state index in [4.69, 9.17) is 4.74 Å². The van der Waals surface area contributed by atoms with Crippen molar-refractivity contribution < 1.29 is 14.1 Å². The van der Waals surface area contributed by atoms with Crippen LogP contribution in [0, 0.1) is 13.7 Å². The van der Waals surface area contributed by atoms with E-state index in [0.717, 1.165) is 0 Å². The Kier molecular flexibility index (Phi) is 4.05. The van der Waals surface area contributed by atoms with Crippen LogP contribution in [0.4, 0.5) is 10.1 Å². The lowest BCUT2D eigenvalue weighted by molar-refractivity contribution is -0.385. The fourth-order valence-corrected chi connectivity index (χ4v) is 1.52. The number of nitro benzene ring substituents is 1. The number of hydrogen-bond donors (Lipinski definition) is 0. The first-order chi connectivity index (χ1) is 6.65. The van der Waals surface area contributed by atoms with Crippen molar-refractivity contribution in [1.82, 2.24) is 0 Å². The van der Waals surface area contributed by atoms with Crippen molar-refractivity contribution in [1.29, 1.82) is 0 Å². The number of non-ortho nitro benzene ring substituents is 1. The monoisotopic (exact) mass is 311 g/mol. The maximum Gasteiger partial charge on any atom is 0.270 e. The number of hydrogen-bond acceptors (Lipinski definition) is 3. The molecule has 14 heavy (non-hydrogen) atoms. The van der Waals surface area contributed by atoms with Crippen LogP contribution in [0.25, 0.3) is 0 Å². The summed E-state index contributed by atoms with van der Waals surface area (Å²) in [6, 6.07) is 4.18. The molecule has 1 aromatic rings. The molecule has 0 amide bonds. The van der Waals surface area contributed by atoms with Gasteiger partial charge in [-0.05, 0) is 28.7 Å². The fraction of sp³-hybridized carbons (Fsp3) is 0.250. The highest BCUT2D eigenvalue weighted by Crippen LogP contribution is 2.25. The molecule has 0 saturated carbocycles. The van der Waals surface area contributed by atoms with Gasteiger partial charge in [0, 0.05) is 12.1 Å². The van der Waals surface area contributed by atoms with Gasteiger partial charge in [-0.1, -0.05) is 0 Å². The summed E-state index contributed by atoms with van der Waals surface area (Å²) in [5.41, 5.74) is 0.00185. The number of halogens is 2. The molecular weight excluding hydrogens is 304 g/mol. The summed E-state index contributed by atoms with van der Waals surface area (Å²) in [6.07, 6.45) is 0. The highest BCUT2D eigenvalue weighted by atomic mass is 127. The van der Waals surface area contributed by atoms with Crippen molar-refractivity contribution in [2.45, 2.75) is 0 Å². The van der Waals surface area contributed by atoms with Crippen LogP contribution in [0.15, 0.2) is 18.2 Å². The van der Waals surface area contributed by atoms with Crippen LogP contribution in [0.5, 0.6) is 5.75 Å². The van der Waals surface area contributed by atoms with Gasteiger partial charge in [-0.25, -0.2) is 4.39 Å². The van der Waals surface area contributed by atoms with E-state index in [1.165, 1.54) is 18.2 Å². The first-order valence-electron chi connectivity index (χ1n) is 3.78. The minimum absolute atomic E-state index is 0.00185. The minimum Gasteiger partial charge on any atom is -0.490 e. The van der Waals surface area contributed by atoms with Crippen molar-refractivity contribution >= 4 is 28.3 Å². The van der Waals surface area contributed by atoms with Crippen LogP contribution >= 0.6 is 22.6 Å². The van der Waals surface area contributed by atoms with Gasteiger partial charge in [-0.15, -0.1) is 0 Å². The SMILES string of the molecule is O=[N+]([O-])c1ccc(OCCF)c(I)c1. The van der Waals surface area contributed by atoms with Crippen molar-refractivity contribution in [3.63, 3.8) is 0 Å². The highest BCUT2D eigenvalue weighted by molar-refractivity contribution is 14.1. The predicted octanol–water partition coefficient (Wildman–Crippen LogP) is 2.55. The number of ether oxygens (including phenoxy) is 1. The summed E-state index contributed by atoms with van der Waals surface area (Å²) in [7, 11) is 0. The molecule has 0 heterocycles. The van der Waals surface area contributed by atoms with Crippen LogP contribution in [-0.4, -0.2) is 18.2 Å². The number of nitro groups is 1. The average Bonchev–Trinajstić information content (AvgIpc) is 2.15. The van der Waals surface area contributed by atoms with Crippen LogP contribution in [0.1, 0.15) is 0 Å². The van der Waals surface area contributed by atoms with Gasteiger partial charge in [0.25, 0.3) is 5.69 Å². The Morgan fingerprint density at radius 3 is 2.79 bits per heavy atom. The molecule has 0 aliphatic heterocycles. The zero-order chi connectivity index (χ0) is 10.6. The molecule has 76 valence electrons. The lowest BCUT2D eigenvalue weighted by Gasteiger charge is -2.04. The van der Waals surface area contributed by atoms with Gasteiger partial charge in [0.2, 0.25) is 0 Å². The fourth-order valence-electron chi connectivity index (χ4n) is 0.869. The minimum atomic E-state index is -0.576. The third kappa shape index (κ3) is 2.79. The predicted molar refractivity (Wildman–Crippen MR) is 57.3 cm³/mol. The van der Waals surface area contributed by atoms with E-state index in [-0.39, 0.29) is 12.3 Å². The average molecular weight is 311 g/mol. The molecule has 1 aromatic carbocycles. The molecule has 6 heteroatoms. The third-order valence-electron chi connectivity index (χ3n) is 1.46. The standard InChI is InChI=1S/C8H7FINO3/c9-3-4-14-8-2-1-6(11(12)13)5-7(8)10/h1-2,5H,3-4H2. The Hall–Kier alpha value is -0.920. The molecule has 0 saturated heterocycles. The molecule has 0 aromatic heterocycles. The molecule has 0 fully saturated rings. The number of nitrogens with zero attached hydrogens (tertiary/aromatic N) is 1. The Morgan fingerprint density at radius 2 is 2.29 bits per heavy atom. The highest BCUT2D eigenvalue weighted by Gasteiger charge is 2.09. The molecule has 0 spiro atoms. The van der Waals surface area contributed by atoms with Crippen LogP contribution in [0.2, 0.25) is 0 Å². The molecular formula is C8H7FINO3. The van der Waals surface area contributed by atoms with E-state index in [9.17, 15) is 14.5 Å². The number of alkyl halides is 1.